The van der Waals surface area contributed by atoms with Crippen LogP contribution in [0.25, 0.3) is 11.3 Å². The molecule has 2 heterocycles. The zero-order valence-corrected chi connectivity index (χ0v) is 13.3. The first kappa shape index (κ1) is 16.2. The molecule has 1 N–H and O–H groups in total. The van der Waals surface area contributed by atoms with Gasteiger partial charge < -0.3 is 10.1 Å². The van der Waals surface area contributed by atoms with E-state index in [1.807, 2.05) is 29.1 Å². The molecule has 0 radical (unpaired) electrons. The number of aromatic nitrogens is 2. The van der Waals surface area contributed by atoms with E-state index in [1.54, 1.807) is 22.9 Å². The number of hydrogen-bond acceptors (Lipinski definition) is 5. The third-order valence-corrected chi connectivity index (χ3v) is 3.67. The van der Waals surface area contributed by atoms with Crippen LogP contribution in [0.1, 0.15) is 19.8 Å². The number of esters is 1. The number of nitrogens with zero attached hydrogens (tertiary/aromatic N) is 2. The van der Waals surface area contributed by atoms with Gasteiger partial charge >= 0.3 is 5.97 Å². The molecule has 2 aromatic heterocycles. The Balaban J connectivity index is 1.68. The number of carbonyl (C=O) groups is 2. The Morgan fingerprint density at radius 2 is 2.23 bits per heavy atom. The predicted molar refractivity (Wildman–Crippen MR) is 84.4 cm³/mol. The van der Waals surface area contributed by atoms with E-state index in [-0.39, 0.29) is 24.7 Å². The van der Waals surface area contributed by atoms with Gasteiger partial charge in [-0.2, -0.15) is 16.4 Å². The van der Waals surface area contributed by atoms with Crippen LogP contribution in [0.3, 0.4) is 0 Å². The second-order valence-corrected chi connectivity index (χ2v) is 5.41. The topological polar surface area (TPSA) is 73.2 Å². The van der Waals surface area contributed by atoms with Crippen molar-refractivity contribution in [3.8, 4) is 11.3 Å². The average Bonchev–Trinajstić information content (AvgIpc) is 3.16. The Morgan fingerprint density at radius 3 is 2.95 bits per heavy atom. The molecule has 0 aliphatic carbocycles. The van der Waals surface area contributed by atoms with Crippen LogP contribution in [0.2, 0.25) is 0 Å². The van der Waals surface area contributed by atoms with Crippen molar-refractivity contribution in [2.24, 2.45) is 0 Å². The van der Waals surface area contributed by atoms with Crippen LogP contribution in [0, 0.1) is 0 Å². The normalized spacial score (nSPS) is 10.4. The highest BCUT2D eigenvalue weighted by Crippen LogP contribution is 2.19. The van der Waals surface area contributed by atoms with Gasteiger partial charge in [0, 0.05) is 30.1 Å². The van der Waals surface area contributed by atoms with Crippen molar-refractivity contribution in [2.75, 3.05) is 13.2 Å². The number of ether oxygens (including phenoxy) is 1. The van der Waals surface area contributed by atoms with Gasteiger partial charge in [-0.05, 0) is 24.4 Å². The van der Waals surface area contributed by atoms with E-state index in [0.717, 1.165) is 11.3 Å². The predicted octanol–water partition coefficient (Wildman–Crippen LogP) is 2.07. The summed E-state index contributed by atoms with van der Waals surface area (Å²) in [6, 6.07) is 3.97. The van der Waals surface area contributed by atoms with Gasteiger partial charge in [0.2, 0.25) is 5.91 Å². The third-order valence-electron chi connectivity index (χ3n) is 2.98. The largest absolute Gasteiger partial charge is 0.466 e. The first-order valence-electron chi connectivity index (χ1n) is 7.17. The first-order valence-corrected chi connectivity index (χ1v) is 8.11. The van der Waals surface area contributed by atoms with Crippen LogP contribution in [-0.4, -0.2) is 34.8 Å². The maximum Gasteiger partial charge on any atom is 0.306 e. The second kappa shape index (κ2) is 8.33. The maximum absolute atomic E-state index is 11.6. The number of rotatable bonds is 8. The van der Waals surface area contributed by atoms with E-state index in [2.05, 4.69) is 10.4 Å². The minimum absolute atomic E-state index is 0.115. The summed E-state index contributed by atoms with van der Waals surface area (Å²) in [6.45, 7) is 3.15. The van der Waals surface area contributed by atoms with Crippen molar-refractivity contribution in [1.29, 1.82) is 0 Å². The number of thiophene rings is 1. The molecule has 0 saturated carbocycles. The molecule has 7 heteroatoms. The van der Waals surface area contributed by atoms with Gasteiger partial charge in [-0.3, -0.25) is 14.3 Å². The molecule has 0 aliphatic rings. The molecule has 0 spiro atoms. The monoisotopic (exact) mass is 321 g/mol. The van der Waals surface area contributed by atoms with E-state index < -0.39 is 0 Å². The van der Waals surface area contributed by atoms with E-state index in [0.29, 0.717) is 19.7 Å². The minimum atomic E-state index is -0.342. The molecule has 0 saturated heterocycles. The zero-order valence-electron chi connectivity index (χ0n) is 12.4. The SMILES string of the molecule is CCOC(=O)CCC(=O)NCCn1ccc(-c2ccsc2)n1. The van der Waals surface area contributed by atoms with Crippen LogP contribution in [0.15, 0.2) is 29.1 Å². The van der Waals surface area contributed by atoms with Crippen molar-refractivity contribution >= 4 is 23.2 Å². The molecule has 118 valence electrons. The summed E-state index contributed by atoms with van der Waals surface area (Å²) >= 11 is 1.63. The van der Waals surface area contributed by atoms with Crippen LogP contribution in [-0.2, 0) is 20.9 Å². The summed E-state index contributed by atoms with van der Waals surface area (Å²) in [5.41, 5.74) is 2.03. The summed E-state index contributed by atoms with van der Waals surface area (Å²) < 4.78 is 6.56. The molecular formula is C15H19N3O3S. The highest BCUT2D eigenvalue weighted by Gasteiger charge is 2.07. The van der Waals surface area contributed by atoms with Gasteiger partial charge in [-0.25, -0.2) is 0 Å². The Labute approximate surface area is 133 Å². The highest BCUT2D eigenvalue weighted by atomic mass is 32.1. The molecule has 0 aliphatic heterocycles. The molecule has 22 heavy (non-hydrogen) atoms. The van der Waals surface area contributed by atoms with Crippen LogP contribution in [0.4, 0.5) is 0 Å². The third kappa shape index (κ3) is 5.00. The van der Waals surface area contributed by atoms with Gasteiger partial charge in [0.1, 0.15) is 0 Å². The molecular weight excluding hydrogens is 302 g/mol. The number of hydrogen-bond donors (Lipinski definition) is 1. The minimum Gasteiger partial charge on any atom is -0.466 e. The molecule has 0 atom stereocenters. The molecule has 2 rings (SSSR count). The smallest absolute Gasteiger partial charge is 0.306 e. The summed E-state index contributed by atoms with van der Waals surface area (Å²) in [5.74, 6) is -0.497. The Bertz CT molecular complexity index is 607. The number of amides is 1. The molecule has 2 aromatic rings. The highest BCUT2D eigenvalue weighted by molar-refractivity contribution is 7.08. The number of carbonyl (C=O) groups excluding carboxylic acids is 2. The Kier molecular flexibility index (Phi) is 6.14. The lowest BCUT2D eigenvalue weighted by molar-refractivity contribution is -0.144. The van der Waals surface area contributed by atoms with Crippen LogP contribution in [0.5, 0.6) is 0 Å². The van der Waals surface area contributed by atoms with Crippen molar-refractivity contribution in [3.63, 3.8) is 0 Å². The molecule has 0 unspecified atom stereocenters. The summed E-state index contributed by atoms with van der Waals surface area (Å²) in [7, 11) is 0. The lowest BCUT2D eigenvalue weighted by Crippen LogP contribution is -2.27. The molecule has 0 fully saturated rings. The lowest BCUT2D eigenvalue weighted by Gasteiger charge is -2.05. The van der Waals surface area contributed by atoms with E-state index >= 15 is 0 Å². The van der Waals surface area contributed by atoms with Crippen LogP contribution < -0.4 is 5.32 Å². The second-order valence-electron chi connectivity index (χ2n) is 4.63. The van der Waals surface area contributed by atoms with Gasteiger partial charge in [0.05, 0.1) is 25.3 Å². The molecule has 0 bridgehead atoms. The maximum atomic E-state index is 11.6. The molecule has 1 amide bonds. The fourth-order valence-electron chi connectivity index (χ4n) is 1.90. The standard InChI is InChI=1S/C15H19N3O3S/c1-2-21-15(20)4-3-14(19)16-7-9-18-8-5-13(17-18)12-6-10-22-11-12/h5-6,8,10-11H,2-4,7,9H2,1H3,(H,16,19). The van der Waals surface area contributed by atoms with E-state index in [1.165, 1.54) is 0 Å². The summed E-state index contributed by atoms with van der Waals surface area (Å²) in [5, 5.41) is 11.3. The Hall–Kier alpha value is -2.15. The van der Waals surface area contributed by atoms with E-state index in [4.69, 9.17) is 4.74 Å². The van der Waals surface area contributed by atoms with Crippen molar-refractivity contribution in [2.45, 2.75) is 26.3 Å². The fraction of sp³-hybridized carbons (Fsp3) is 0.400. The molecule has 6 nitrogen and oxygen atoms in total. The van der Waals surface area contributed by atoms with Gasteiger partial charge in [-0.1, -0.05) is 0 Å². The average molecular weight is 321 g/mol. The Morgan fingerprint density at radius 1 is 1.36 bits per heavy atom. The van der Waals surface area contributed by atoms with E-state index in [9.17, 15) is 9.59 Å². The molecule has 0 aromatic carbocycles. The zero-order chi connectivity index (χ0) is 15.8. The quantitative estimate of drug-likeness (QED) is 0.756. The summed E-state index contributed by atoms with van der Waals surface area (Å²) in [4.78, 5) is 22.7. The van der Waals surface area contributed by atoms with Crippen molar-refractivity contribution in [1.82, 2.24) is 15.1 Å². The first-order chi connectivity index (χ1) is 10.7. The van der Waals surface area contributed by atoms with Gasteiger partial charge in [-0.15, -0.1) is 0 Å². The number of nitrogens with one attached hydrogen (secondary N) is 1. The van der Waals surface area contributed by atoms with Crippen molar-refractivity contribution < 1.29 is 14.3 Å². The lowest BCUT2D eigenvalue weighted by atomic mass is 10.2. The fourth-order valence-corrected chi connectivity index (χ4v) is 2.55. The van der Waals surface area contributed by atoms with Crippen LogP contribution >= 0.6 is 11.3 Å². The van der Waals surface area contributed by atoms with Crippen molar-refractivity contribution in [3.05, 3.63) is 29.1 Å². The van der Waals surface area contributed by atoms with Gasteiger partial charge in [0.25, 0.3) is 0 Å². The van der Waals surface area contributed by atoms with Gasteiger partial charge in [0.15, 0.2) is 0 Å². The summed E-state index contributed by atoms with van der Waals surface area (Å²) in [6.07, 6.45) is 2.15.